The summed E-state index contributed by atoms with van der Waals surface area (Å²) >= 11 is 1.91. The Morgan fingerprint density at radius 2 is 2.12 bits per heavy atom. The van der Waals surface area contributed by atoms with E-state index in [-0.39, 0.29) is 11.5 Å². The van der Waals surface area contributed by atoms with E-state index in [1.807, 2.05) is 11.3 Å². The van der Waals surface area contributed by atoms with Crippen molar-refractivity contribution in [3.63, 3.8) is 0 Å². The number of hydrogen-bond acceptors (Lipinski definition) is 3. The van der Waals surface area contributed by atoms with Gasteiger partial charge in [0.25, 0.3) is 0 Å². The first-order chi connectivity index (χ1) is 7.75. The van der Waals surface area contributed by atoms with Crippen molar-refractivity contribution in [2.45, 2.75) is 50.0 Å². The second-order valence-corrected chi connectivity index (χ2v) is 6.27. The van der Waals surface area contributed by atoms with E-state index in [4.69, 9.17) is 5.73 Å². The van der Waals surface area contributed by atoms with Gasteiger partial charge in [0.2, 0.25) is 0 Å². The van der Waals surface area contributed by atoms with Gasteiger partial charge in [0, 0.05) is 16.8 Å². The monoisotopic (exact) mass is 237 g/mol. The molecule has 3 heteroatoms. The minimum absolute atomic E-state index is 0.112. The number of hydrogen-bond donors (Lipinski definition) is 2. The molecule has 1 heterocycles. The first kappa shape index (κ1) is 10.8. The number of fused-ring (bicyclic) bond motifs is 1. The van der Waals surface area contributed by atoms with E-state index in [2.05, 4.69) is 5.38 Å². The maximum absolute atomic E-state index is 9.57. The van der Waals surface area contributed by atoms with E-state index in [1.54, 1.807) is 10.4 Å². The van der Waals surface area contributed by atoms with E-state index in [0.717, 1.165) is 12.8 Å². The molecule has 0 radical (unpaired) electrons. The Morgan fingerprint density at radius 1 is 1.38 bits per heavy atom. The van der Waals surface area contributed by atoms with Crippen molar-refractivity contribution in [1.29, 1.82) is 0 Å². The van der Waals surface area contributed by atoms with Gasteiger partial charge in [0.15, 0.2) is 0 Å². The first-order valence-electron chi connectivity index (χ1n) is 6.23. The van der Waals surface area contributed by atoms with Crippen LogP contribution in [0.25, 0.3) is 0 Å². The van der Waals surface area contributed by atoms with Crippen molar-refractivity contribution in [3.8, 4) is 0 Å². The molecule has 2 nitrogen and oxygen atoms in total. The van der Waals surface area contributed by atoms with E-state index in [9.17, 15) is 5.11 Å². The SMILES string of the molecule is NCC1(c2csc3c2CCCC3)CC(O)C1. The average molecular weight is 237 g/mol. The van der Waals surface area contributed by atoms with Crippen LogP contribution in [0.3, 0.4) is 0 Å². The van der Waals surface area contributed by atoms with Gasteiger partial charge in [-0.05, 0) is 55.0 Å². The molecule has 0 amide bonds. The van der Waals surface area contributed by atoms with Gasteiger partial charge in [-0.25, -0.2) is 0 Å². The van der Waals surface area contributed by atoms with E-state index in [0.29, 0.717) is 6.54 Å². The van der Waals surface area contributed by atoms with Crippen LogP contribution in [0, 0.1) is 0 Å². The highest BCUT2D eigenvalue weighted by Crippen LogP contribution is 2.47. The second kappa shape index (κ2) is 3.83. The number of rotatable bonds is 2. The van der Waals surface area contributed by atoms with Gasteiger partial charge in [-0.2, -0.15) is 0 Å². The summed E-state index contributed by atoms with van der Waals surface area (Å²) in [5.41, 5.74) is 9.11. The highest BCUT2D eigenvalue weighted by molar-refractivity contribution is 7.10. The fourth-order valence-corrected chi connectivity index (χ4v) is 4.55. The molecule has 3 rings (SSSR count). The Bertz CT molecular complexity index is 393. The normalized spacial score (nSPS) is 33.2. The molecule has 1 aromatic heterocycles. The summed E-state index contributed by atoms with van der Waals surface area (Å²) in [6, 6.07) is 0. The van der Waals surface area contributed by atoms with E-state index in [1.165, 1.54) is 31.2 Å². The fraction of sp³-hybridized carbons (Fsp3) is 0.692. The summed E-state index contributed by atoms with van der Waals surface area (Å²) in [6.07, 6.45) is 6.75. The summed E-state index contributed by atoms with van der Waals surface area (Å²) in [4.78, 5) is 1.58. The van der Waals surface area contributed by atoms with Crippen molar-refractivity contribution in [3.05, 3.63) is 21.4 Å². The second-order valence-electron chi connectivity index (χ2n) is 5.30. The van der Waals surface area contributed by atoms with Gasteiger partial charge in [-0.1, -0.05) is 0 Å². The Hall–Kier alpha value is -0.380. The molecule has 88 valence electrons. The van der Waals surface area contributed by atoms with Crippen molar-refractivity contribution < 1.29 is 5.11 Å². The van der Waals surface area contributed by atoms with Crippen LogP contribution in [-0.4, -0.2) is 17.8 Å². The summed E-state index contributed by atoms with van der Waals surface area (Å²) in [5, 5.41) is 11.9. The molecule has 0 bridgehead atoms. The highest BCUT2D eigenvalue weighted by Gasteiger charge is 2.45. The number of nitrogens with two attached hydrogens (primary N) is 1. The lowest BCUT2D eigenvalue weighted by atomic mass is 9.62. The fourth-order valence-electron chi connectivity index (χ4n) is 3.28. The zero-order chi connectivity index (χ0) is 11.2. The van der Waals surface area contributed by atoms with Gasteiger partial charge < -0.3 is 10.8 Å². The predicted octanol–water partition coefficient (Wildman–Crippen LogP) is 1.98. The van der Waals surface area contributed by atoms with Gasteiger partial charge >= 0.3 is 0 Å². The van der Waals surface area contributed by atoms with E-state index >= 15 is 0 Å². The zero-order valence-electron chi connectivity index (χ0n) is 9.54. The van der Waals surface area contributed by atoms with Crippen LogP contribution in [0.5, 0.6) is 0 Å². The molecule has 1 aromatic rings. The van der Waals surface area contributed by atoms with Crippen LogP contribution in [0.1, 0.15) is 41.7 Å². The molecule has 0 aromatic carbocycles. The lowest BCUT2D eigenvalue weighted by Crippen LogP contribution is -2.50. The van der Waals surface area contributed by atoms with Crippen LogP contribution in [-0.2, 0) is 18.3 Å². The summed E-state index contributed by atoms with van der Waals surface area (Å²) in [5.74, 6) is 0. The van der Waals surface area contributed by atoms with E-state index < -0.39 is 0 Å². The third-order valence-corrected chi connectivity index (χ3v) is 5.36. The molecule has 0 unspecified atom stereocenters. The van der Waals surface area contributed by atoms with Crippen LogP contribution < -0.4 is 5.73 Å². The molecule has 0 saturated heterocycles. The summed E-state index contributed by atoms with van der Waals surface area (Å²) in [7, 11) is 0. The largest absolute Gasteiger partial charge is 0.393 e. The van der Waals surface area contributed by atoms with Crippen molar-refractivity contribution in [2.75, 3.05) is 6.54 Å². The maximum Gasteiger partial charge on any atom is 0.0558 e. The molecule has 1 fully saturated rings. The van der Waals surface area contributed by atoms with Crippen LogP contribution in [0.4, 0.5) is 0 Å². The molecule has 2 aliphatic rings. The maximum atomic E-state index is 9.57. The molecule has 16 heavy (non-hydrogen) atoms. The molecule has 1 saturated carbocycles. The number of aryl methyl sites for hydroxylation is 1. The molecule has 0 aliphatic heterocycles. The Kier molecular flexibility index (Phi) is 2.57. The standard InChI is InChI=1S/C13H19NOS/c14-8-13(5-9(15)6-13)11-7-16-12-4-2-1-3-10(11)12/h7,9,15H,1-6,8,14H2. The van der Waals surface area contributed by atoms with Gasteiger partial charge in [0.05, 0.1) is 6.10 Å². The topological polar surface area (TPSA) is 46.2 Å². The average Bonchev–Trinajstić information content (AvgIpc) is 2.68. The lowest BCUT2D eigenvalue weighted by molar-refractivity contribution is 0.0219. The van der Waals surface area contributed by atoms with Gasteiger partial charge in [-0.3, -0.25) is 0 Å². The molecule has 0 atom stereocenters. The third-order valence-electron chi connectivity index (χ3n) is 4.28. The Morgan fingerprint density at radius 3 is 2.81 bits per heavy atom. The molecule has 3 N–H and O–H groups in total. The zero-order valence-corrected chi connectivity index (χ0v) is 10.4. The number of aliphatic hydroxyl groups is 1. The van der Waals surface area contributed by atoms with Crippen molar-refractivity contribution in [2.24, 2.45) is 5.73 Å². The predicted molar refractivity (Wildman–Crippen MR) is 66.9 cm³/mol. The molecular weight excluding hydrogens is 218 g/mol. The molecule has 0 spiro atoms. The Balaban J connectivity index is 1.96. The molecule has 2 aliphatic carbocycles. The van der Waals surface area contributed by atoms with Crippen molar-refractivity contribution >= 4 is 11.3 Å². The number of thiophene rings is 1. The smallest absolute Gasteiger partial charge is 0.0558 e. The first-order valence-corrected chi connectivity index (χ1v) is 7.11. The third kappa shape index (κ3) is 1.45. The van der Waals surface area contributed by atoms with Crippen LogP contribution in [0.15, 0.2) is 5.38 Å². The lowest BCUT2D eigenvalue weighted by Gasteiger charge is -2.45. The minimum Gasteiger partial charge on any atom is -0.393 e. The van der Waals surface area contributed by atoms with Gasteiger partial charge in [0.1, 0.15) is 0 Å². The molecular formula is C13H19NOS. The van der Waals surface area contributed by atoms with Crippen LogP contribution >= 0.6 is 11.3 Å². The van der Waals surface area contributed by atoms with Gasteiger partial charge in [-0.15, -0.1) is 11.3 Å². The minimum atomic E-state index is -0.123. The highest BCUT2D eigenvalue weighted by atomic mass is 32.1. The summed E-state index contributed by atoms with van der Waals surface area (Å²) < 4.78 is 0. The quantitative estimate of drug-likeness (QED) is 0.826. The summed E-state index contributed by atoms with van der Waals surface area (Å²) in [6.45, 7) is 0.688. The number of aliphatic hydroxyl groups excluding tert-OH is 1. The van der Waals surface area contributed by atoms with Crippen LogP contribution in [0.2, 0.25) is 0 Å². The Labute approximate surface area is 100 Å². The van der Waals surface area contributed by atoms with Crippen molar-refractivity contribution in [1.82, 2.24) is 0 Å².